The molecule has 0 unspecified atom stereocenters. The van der Waals surface area contributed by atoms with Crippen molar-refractivity contribution >= 4 is 17.7 Å². The number of carbonyl (C=O) groups is 1. The Labute approximate surface area is 110 Å². The number of hydrogen-bond acceptors (Lipinski definition) is 5. The number of nitrogens with zero attached hydrogens (tertiary/aromatic N) is 1. The van der Waals surface area contributed by atoms with Crippen molar-refractivity contribution in [2.24, 2.45) is 0 Å². The van der Waals surface area contributed by atoms with Gasteiger partial charge in [0.2, 0.25) is 0 Å². The van der Waals surface area contributed by atoms with E-state index in [1.54, 1.807) is 0 Å². The van der Waals surface area contributed by atoms with Crippen molar-refractivity contribution in [1.82, 2.24) is 0 Å². The smallest absolute Gasteiger partial charge is 0.330 e. The summed E-state index contributed by atoms with van der Waals surface area (Å²) in [7, 11) is 0. The Morgan fingerprint density at radius 2 is 2.26 bits per heavy atom. The Balaban J connectivity index is 2.64. The summed E-state index contributed by atoms with van der Waals surface area (Å²) in [4.78, 5) is 21.1. The summed E-state index contributed by atoms with van der Waals surface area (Å²) in [6.07, 6.45) is 4.39. The molecule has 0 aromatic heterocycles. The maximum atomic E-state index is 11.3. The van der Waals surface area contributed by atoms with Gasteiger partial charge < -0.3 is 9.84 Å². The molecule has 0 fully saturated rings. The van der Waals surface area contributed by atoms with Crippen LogP contribution in [-0.4, -0.2) is 22.6 Å². The van der Waals surface area contributed by atoms with Crippen LogP contribution in [0.15, 0.2) is 24.3 Å². The fraction of sp³-hybridized carbons (Fsp3) is 0.308. The van der Waals surface area contributed by atoms with E-state index < -0.39 is 16.6 Å². The second kappa shape index (κ2) is 7.15. The van der Waals surface area contributed by atoms with E-state index in [4.69, 9.17) is 4.74 Å². The van der Waals surface area contributed by atoms with E-state index in [1.807, 2.05) is 6.92 Å². The molecule has 0 saturated carbocycles. The van der Waals surface area contributed by atoms with E-state index in [0.29, 0.717) is 12.2 Å². The molecule has 0 radical (unpaired) electrons. The molecule has 19 heavy (non-hydrogen) atoms. The second-order valence-corrected chi connectivity index (χ2v) is 3.86. The molecule has 1 rings (SSSR count). The largest absolute Gasteiger partial charge is 0.502 e. The minimum atomic E-state index is -0.679. The zero-order chi connectivity index (χ0) is 14.3. The fourth-order valence-electron chi connectivity index (χ4n) is 1.33. The van der Waals surface area contributed by atoms with E-state index in [9.17, 15) is 20.0 Å². The molecule has 102 valence electrons. The highest BCUT2D eigenvalue weighted by atomic mass is 16.6. The molecule has 0 bridgehead atoms. The van der Waals surface area contributed by atoms with Crippen molar-refractivity contribution in [1.29, 1.82) is 0 Å². The standard InChI is InChI=1S/C13H15NO5/c1-2-3-8-19-13(16)7-5-10-4-6-11(14(17)18)12(15)9-10/h4-7,9,15H,2-3,8H2,1H3/b7-5+. The van der Waals surface area contributed by atoms with Crippen LogP contribution in [0.3, 0.4) is 0 Å². The Bertz CT molecular complexity index is 496. The first-order valence-electron chi connectivity index (χ1n) is 5.87. The predicted molar refractivity (Wildman–Crippen MR) is 69.7 cm³/mol. The molecule has 1 aromatic carbocycles. The van der Waals surface area contributed by atoms with Gasteiger partial charge in [0.15, 0.2) is 5.75 Å². The number of carbonyl (C=O) groups excluding carboxylic acids is 1. The van der Waals surface area contributed by atoms with Gasteiger partial charge in [-0.2, -0.15) is 0 Å². The highest BCUT2D eigenvalue weighted by Crippen LogP contribution is 2.26. The van der Waals surface area contributed by atoms with E-state index in [0.717, 1.165) is 12.8 Å². The fourth-order valence-corrected chi connectivity index (χ4v) is 1.33. The number of rotatable bonds is 6. The van der Waals surface area contributed by atoms with Crippen LogP contribution in [0.5, 0.6) is 5.75 Å². The van der Waals surface area contributed by atoms with Gasteiger partial charge in [0.25, 0.3) is 0 Å². The first-order chi connectivity index (χ1) is 9.04. The maximum Gasteiger partial charge on any atom is 0.330 e. The molecule has 0 aliphatic rings. The summed E-state index contributed by atoms with van der Waals surface area (Å²) in [5.41, 5.74) is 0.109. The lowest BCUT2D eigenvalue weighted by Crippen LogP contribution is -2.01. The normalized spacial score (nSPS) is 10.6. The van der Waals surface area contributed by atoms with Gasteiger partial charge in [0.1, 0.15) is 0 Å². The van der Waals surface area contributed by atoms with E-state index in [1.165, 1.54) is 30.4 Å². The number of unbranched alkanes of at least 4 members (excludes halogenated alkanes) is 1. The molecule has 0 aliphatic heterocycles. The summed E-state index contributed by atoms with van der Waals surface area (Å²) in [5.74, 6) is -0.919. The first-order valence-corrected chi connectivity index (χ1v) is 5.87. The zero-order valence-corrected chi connectivity index (χ0v) is 10.5. The average Bonchev–Trinajstić information content (AvgIpc) is 2.36. The molecule has 0 spiro atoms. The third-order valence-corrected chi connectivity index (χ3v) is 2.35. The lowest BCUT2D eigenvalue weighted by Gasteiger charge is -2.00. The Hall–Kier alpha value is -2.37. The van der Waals surface area contributed by atoms with Crippen LogP contribution < -0.4 is 0 Å². The van der Waals surface area contributed by atoms with Crippen LogP contribution in [0, 0.1) is 10.1 Å². The lowest BCUT2D eigenvalue weighted by atomic mass is 10.2. The number of phenols is 1. The Morgan fingerprint density at radius 1 is 1.53 bits per heavy atom. The van der Waals surface area contributed by atoms with Gasteiger partial charge >= 0.3 is 11.7 Å². The van der Waals surface area contributed by atoms with Crippen LogP contribution in [0.1, 0.15) is 25.3 Å². The van der Waals surface area contributed by atoms with Gasteiger partial charge in [0.05, 0.1) is 11.5 Å². The van der Waals surface area contributed by atoms with Crippen molar-refractivity contribution in [3.05, 3.63) is 40.0 Å². The van der Waals surface area contributed by atoms with Gasteiger partial charge in [-0.1, -0.05) is 13.3 Å². The number of nitro groups is 1. The van der Waals surface area contributed by atoms with Gasteiger partial charge in [-0.15, -0.1) is 0 Å². The van der Waals surface area contributed by atoms with Gasteiger partial charge in [0, 0.05) is 12.1 Å². The number of phenolic OH excluding ortho intramolecular Hbond substituents is 1. The zero-order valence-electron chi connectivity index (χ0n) is 10.5. The number of aromatic hydroxyl groups is 1. The molecule has 0 amide bonds. The minimum absolute atomic E-state index is 0.366. The molecule has 6 nitrogen and oxygen atoms in total. The van der Waals surface area contributed by atoms with Crippen LogP contribution in [-0.2, 0) is 9.53 Å². The summed E-state index contributed by atoms with van der Waals surface area (Å²) in [5, 5.41) is 19.9. The third kappa shape index (κ3) is 4.79. The number of esters is 1. The SMILES string of the molecule is CCCCOC(=O)/C=C/c1ccc([N+](=O)[O-])c(O)c1. The summed E-state index contributed by atoms with van der Waals surface area (Å²) in [6.45, 7) is 2.36. The first kappa shape index (κ1) is 14.7. The van der Waals surface area contributed by atoms with Crippen LogP contribution >= 0.6 is 0 Å². The van der Waals surface area contributed by atoms with E-state index >= 15 is 0 Å². The summed E-state index contributed by atoms with van der Waals surface area (Å²) >= 11 is 0. The molecule has 0 aliphatic carbocycles. The third-order valence-electron chi connectivity index (χ3n) is 2.35. The van der Waals surface area contributed by atoms with Gasteiger partial charge in [-0.25, -0.2) is 4.79 Å². The molecule has 0 saturated heterocycles. The van der Waals surface area contributed by atoms with Crippen molar-refractivity contribution in [2.75, 3.05) is 6.61 Å². The average molecular weight is 265 g/mol. The van der Waals surface area contributed by atoms with Crippen molar-refractivity contribution in [2.45, 2.75) is 19.8 Å². The predicted octanol–water partition coefficient (Wildman–Crippen LogP) is 2.66. The molecular weight excluding hydrogens is 250 g/mol. The van der Waals surface area contributed by atoms with E-state index in [-0.39, 0.29) is 5.69 Å². The lowest BCUT2D eigenvalue weighted by molar-refractivity contribution is -0.385. The van der Waals surface area contributed by atoms with Crippen LogP contribution in [0.4, 0.5) is 5.69 Å². The molecule has 1 aromatic rings. The monoisotopic (exact) mass is 265 g/mol. The number of benzene rings is 1. The Morgan fingerprint density at radius 3 is 2.84 bits per heavy atom. The number of ether oxygens (including phenoxy) is 1. The maximum absolute atomic E-state index is 11.3. The molecule has 0 atom stereocenters. The van der Waals surface area contributed by atoms with E-state index in [2.05, 4.69) is 0 Å². The van der Waals surface area contributed by atoms with Crippen molar-refractivity contribution < 1.29 is 19.6 Å². The van der Waals surface area contributed by atoms with Crippen molar-refractivity contribution in [3.8, 4) is 5.75 Å². The highest BCUT2D eigenvalue weighted by molar-refractivity contribution is 5.87. The van der Waals surface area contributed by atoms with Crippen LogP contribution in [0.25, 0.3) is 6.08 Å². The molecule has 0 heterocycles. The van der Waals surface area contributed by atoms with Crippen LogP contribution in [0.2, 0.25) is 0 Å². The second-order valence-electron chi connectivity index (χ2n) is 3.86. The number of hydrogen-bond donors (Lipinski definition) is 1. The topological polar surface area (TPSA) is 89.7 Å². The molecule has 6 heteroatoms. The molecular formula is C13H15NO5. The highest BCUT2D eigenvalue weighted by Gasteiger charge is 2.11. The Kier molecular flexibility index (Phi) is 5.53. The summed E-state index contributed by atoms with van der Waals surface area (Å²) in [6, 6.07) is 3.83. The quantitative estimate of drug-likeness (QED) is 0.281. The minimum Gasteiger partial charge on any atom is -0.502 e. The van der Waals surface area contributed by atoms with Gasteiger partial charge in [-0.3, -0.25) is 10.1 Å². The number of nitro benzene ring substituents is 1. The molecule has 1 N–H and O–H groups in total. The van der Waals surface area contributed by atoms with Gasteiger partial charge in [-0.05, 0) is 30.2 Å². The van der Waals surface area contributed by atoms with Crippen molar-refractivity contribution in [3.63, 3.8) is 0 Å². The summed E-state index contributed by atoms with van der Waals surface area (Å²) < 4.78 is 4.90.